The van der Waals surface area contributed by atoms with E-state index in [9.17, 15) is 24.3 Å². The second kappa shape index (κ2) is 15.8. The lowest BCUT2D eigenvalue weighted by atomic mass is 9.99. The van der Waals surface area contributed by atoms with E-state index >= 15 is 0 Å². The molecule has 2 rings (SSSR count). The fourth-order valence-corrected chi connectivity index (χ4v) is 3.25. The van der Waals surface area contributed by atoms with Crippen LogP contribution in [0.1, 0.15) is 51.2 Å². The molecule has 2 aromatic carbocycles. The number of alkyl carbamates (subject to hydrolysis) is 2. The zero-order valence-electron chi connectivity index (χ0n) is 22.3. The SMILES string of the molecule is CC(C)(C)OC(=O)C[C@@H](CCCN=C(NC(=O)OCc1ccccc1)NC(=O)OCc1ccccc1)C(=O)O. The van der Waals surface area contributed by atoms with Crippen LogP contribution >= 0.6 is 0 Å². The van der Waals surface area contributed by atoms with Gasteiger partial charge >= 0.3 is 24.1 Å². The van der Waals surface area contributed by atoms with E-state index in [1.807, 2.05) is 12.1 Å². The number of nitrogens with zero attached hydrogens (tertiary/aromatic N) is 1. The Hall–Kier alpha value is -4.41. The number of benzene rings is 2. The number of aliphatic imine (C=N–C) groups is 1. The predicted octanol–water partition coefficient (Wildman–Crippen LogP) is 4.41. The van der Waals surface area contributed by atoms with Crippen molar-refractivity contribution in [3.63, 3.8) is 0 Å². The van der Waals surface area contributed by atoms with Crippen LogP contribution in [-0.4, -0.2) is 47.3 Å². The van der Waals surface area contributed by atoms with Crippen LogP contribution in [0.3, 0.4) is 0 Å². The molecule has 0 spiro atoms. The van der Waals surface area contributed by atoms with Gasteiger partial charge in [0, 0.05) is 6.54 Å². The molecule has 3 N–H and O–H groups in total. The van der Waals surface area contributed by atoms with Crippen molar-refractivity contribution < 1.29 is 38.5 Å². The van der Waals surface area contributed by atoms with E-state index in [4.69, 9.17) is 14.2 Å². The van der Waals surface area contributed by atoms with Crippen molar-refractivity contribution in [1.29, 1.82) is 0 Å². The fraction of sp³-hybridized carbons (Fsp3) is 0.393. The van der Waals surface area contributed by atoms with Crippen molar-refractivity contribution in [2.45, 2.75) is 58.8 Å². The Morgan fingerprint density at radius 2 is 1.33 bits per heavy atom. The summed E-state index contributed by atoms with van der Waals surface area (Å²) < 4.78 is 15.6. The van der Waals surface area contributed by atoms with Gasteiger partial charge in [-0.1, -0.05) is 60.7 Å². The number of esters is 1. The van der Waals surface area contributed by atoms with Gasteiger partial charge in [-0.15, -0.1) is 0 Å². The highest BCUT2D eigenvalue weighted by atomic mass is 16.6. The van der Waals surface area contributed by atoms with Gasteiger partial charge in [-0.05, 0) is 44.7 Å². The normalized spacial score (nSPS) is 11.5. The van der Waals surface area contributed by atoms with Crippen LogP contribution in [0.2, 0.25) is 0 Å². The number of amides is 2. The zero-order valence-corrected chi connectivity index (χ0v) is 22.3. The Balaban J connectivity index is 1.95. The molecule has 0 aliphatic rings. The minimum atomic E-state index is -1.13. The highest BCUT2D eigenvalue weighted by molar-refractivity contribution is 6.01. The number of carbonyl (C=O) groups is 4. The van der Waals surface area contributed by atoms with Gasteiger partial charge < -0.3 is 19.3 Å². The first kappa shape index (κ1) is 30.8. The Kier molecular flexibility index (Phi) is 12.4. The van der Waals surface area contributed by atoms with Gasteiger partial charge in [0.15, 0.2) is 0 Å². The van der Waals surface area contributed by atoms with Crippen LogP contribution in [0, 0.1) is 5.92 Å². The van der Waals surface area contributed by atoms with E-state index in [0.29, 0.717) is 0 Å². The number of hydrogen-bond acceptors (Lipinski definition) is 8. The number of carboxylic acids is 1. The summed E-state index contributed by atoms with van der Waals surface area (Å²) in [6.45, 7) is 5.16. The summed E-state index contributed by atoms with van der Waals surface area (Å²) in [4.78, 5) is 52.5. The number of nitrogens with one attached hydrogen (secondary N) is 2. The molecule has 2 aromatic rings. The molecule has 0 saturated carbocycles. The topological polar surface area (TPSA) is 153 Å². The van der Waals surface area contributed by atoms with Crippen molar-refractivity contribution in [2.24, 2.45) is 10.9 Å². The monoisotopic (exact) mass is 541 g/mol. The van der Waals surface area contributed by atoms with Crippen molar-refractivity contribution in [2.75, 3.05) is 6.54 Å². The molecule has 0 saturated heterocycles. The molecule has 0 heterocycles. The average molecular weight is 542 g/mol. The number of rotatable bonds is 11. The molecule has 210 valence electrons. The second-order valence-corrected chi connectivity index (χ2v) is 9.57. The Morgan fingerprint density at radius 3 is 1.77 bits per heavy atom. The molecule has 0 bridgehead atoms. The summed E-state index contributed by atoms with van der Waals surface area (Å²) in [7, 11) is 0. The van der Waals surface area contributed by atoms with Crippen LogP contribution in [0.5, 0.6) is 0 Å². The maximum atomic E-state index is 12.3. The number of guanidine groups is 1. The summed E-state index contributed by atoms with van der Waals surface area (Å²) >= 11 is 0. The fourth-order valence-electron chi connectivity index (χ4n) is 3.25. The van der Waals surface area contributed by atoms with Gasteiger partial charge in [-0.2, -0.15) is 0 Å². The van der Waals surface area contributed by atoms with Crippen LogP contribution in [0.25, 0.3) is 0 Å². The summed E-state index contributed by atoms with van der Waals surface area (Å²) in [5.74, 6) is -2.92. The number of carbonyl (C=O) groups excluding carboxylic acids is 3. The van der Waals surface area contributed by atoms with Gasteiger partial charge in [0.25, 0.3) is 0 Å². The first-order chi connectivity index (χ1) is 18.5. The first-order valence-corrected chi connectivity index (χ1v) is 12.5. The van der Waals surface area contributed by atoms with E-state index in [1.54, 1.807) is 69.3 Å². The molecule has 0 fully saturated rings. The van der Waals surface area contributed by atoms with Crippen LogP contribution in [0.4, 0.5) is 9.59 Å². The lowest BCUT2D eigenvalue weighted by molar-refractivity contribution is -0.160. The molecule has 39 heavy (non-hydrogen) atoms. The number of aliphatic carboxylic acids is 1. The lowest BCUT2D eigenvalue weighted by Gasteiger charge is -2.21. The molecule has 1 atom stereocenters. The standard InChI is InChI=1S/C28H35N3O8/c1-28(2,3)39-23(32)17-22(24(33)34)15-10-16-29-25(30-26(35)37-18-20-11-6-4-7-12-20)31-27(36)38-19-21-13-8-5-9-14-21/h4-9,11-14,22H,10,15-19H2,1-3H3,(H,33,34)(H2,29,30,31,35,36)/t22-/m1/s1. The van der Waals surface area contributed by atoms with Crippen molar-refractivity contribution >= 4 is 30.1 Å². The van der Waals surface area contributed by atoms with Gasteiger partial charge in [-0.3, -0.25) is 25.2 Å². The maximum absolute atomic E-state index is 12.3. The van der Waals surface area contributed by atoms with E-state index in [0.717, 1.165) is 11.1 Å². The van der Waals surface area contributed by atoms with E-state index in [1.165, 1.54) is 0 Å². The summed E-state index contributed by atoms with van der Waals surface area (Å²) in [6.07, 6.45) is -1.60. The zero-order chi connectivity index (χ0) is 28.7. The van der Waals surface area contributed by atoms with Crippen LogP contribution < -0.4 is 10.6 Å². The molecular weight excluding hydrogens is 506 g/mol. The number of ether oxygens (including phenoxy) is 3. The van der Waals surface area contributed by atoms with Gasteiger partial charge in [0.05, 0.1) is 12.3 Å². The Bertz CT molecular complexity index is 1060. The third-order valence-corrected chi connectivity index (χ3v) is 5.03. The van der Waals surface area contributed by atoms with Crippen LogP contribution in [-0.2, 0) is 37.0 Å². The van der Waals surface area contributed by atoms with Gasteiger partial charge in [-0.25, -0.2) is 9.59 Å². The highest BCUT2D eigenvalue weighted by Crippen LogP contribution is 2.16. The van der Waals surface area contributed by atoms with Gasteiger partial charge in [0.2, 0.25) is 5.96 Å². The smallest absolute Gasteiger partial charge is 0.414 e. The molecule has 2 amide bonds. The maximum Gasteiger partial charge on any atom is 0.414 e. The molecule has 0 unspecified atom stereocenters. The molecule has 0 aliphatic heterocycles. The van der Waals surface area contributed by atoms with Gasteiger partial charge in [0.1, 0.15) is 18.8 Å². The Morgan fingerprint density at radius 1 is 0.846 bits per heavy atom. The molecule has 0 radical (unpaired) electrons. The summed E-state index contributed by atoms with van der Waals surface area (Å²) in [5, 5.41) is 14.2. The average Bonchev–Trinajstić information content (AvgIpc) is 2.88. The minimum absolute atomic E-state index is 0.00334. The largest absolute Gasteiger partial charge is 0.481 e. The molecular formula is C28H35N3O8. The van der Waals surface area contributed by atoms with Crippen LogP contribution in [0.15, 0.2) is 65.7 Å². The minimum Gasteiger partial charge on any atom is -0.481 e. The summed E-state index contributed by atoms with van der Waals surface area (Å²) in [5.41, 5.74) is 0.818. The number of hydrogen-bond donors (Lipinski definition) is 3. The third-order valence-electron chi connectivity index (χ3n) is 5.03. The van der Waals surface area contributed by atoms with E-state index in [-0.39, 0.29) is 45.0 Å². The van der Waals surface area contributed by atoms with Crippen molar-refractivity contribution in [3.05, 3.63) is 71.8 Å². The summed E-state index contributed by atoms with van der Waals surface area (Å²) in [6, 6.07) is 18.1. The van der Waals surface area contributed by atoms with Crippen molar-refractivity contribution in [1.82, 2.24) is 10.6 Å². The van der Waals surface area contributed by atoms with E-state index in [2.05, 4.69) is 15.6 Å². The lowest BCUT2D eigenvalue weighted by Crippen LogP contribution is -2.44. The van der Waals surface area contributed by atoms with E-state index < -0.39 is 35.6 Å². The predicted molar refractivity (Wildman–Crippen MR) is 143 cm³/mol. The van der Waals surface area contributed by atoms with Crippen molar-refractivity contribution in [3.8, 4) is 0 Å². The molecule has 11 nitrogen and oxygen atoms in total. The second-order valence-electron chi connectivity index (χ2n) is 9.57. The molecule has 0 aliphatic carbocycles. The Labute approximate surface area is 227 Å². The molecule has 11 heteroatoms. The first-order valence-electron chi connectivity index (χ1n) is 12.5. The third kappa shape index (κ3) is 13.6. The molecule has 0 aromatic heterocycles. The highest BCUT2D eigenvalue weighted by Gasteiger charge is 2.25. The number of carboxylic acid groups (broad SMARTS) is 1. The quantitative estimate of drug-likeness (QED) is 0.124.